The molecule has 0 aliphatic heterocycles. The maximum atomic E-state index is 15.7. The van der Waals surface area contributed by atoms with Gasteiger partial charge in [-0.05, 0) is 100 Å². The quantitative estimate of drug-likeness (QED) is 0.333. The topological polar surface area (TPSA) is 3.24 Å². The molecule has 1 unspecified atom stereocenters. The average Bonchev–Trinajstić information content (AvgIpc) is 2.78. The van der Waals surface area contributed by atoms with Crippen molar-refractivity contribution in [2.75, 3.05) is 6.54 Å². The van der Waals surface area contributed by atoms with Gasteiger partial charge in [-0.15, -0.1) is 0 Å². The summed E-state index contributed by atoms with van der Waals surface area (Å²) >= 11 is 0. The van der Waals surface area contributed by atoms with Crippen molar-refractivity contribution in [1.82, 2.24) is 4.90 Å². The number of nitrogens with zero attached hydrogens (tertiary/aromatic N) is 1. The monoisotopic (exact) mass is 453 g/mol. The summed E-state index contributed by atoms with van der Waals surface area (Å²) < 4.78 is 31.3. The Labute approximate surface area is 199 Å². The smallest absolute Gasteiger partial charge is 0.136 e. The third-order valence-electron chi connectivity index (χ3n) is 8.27. The second-order valence-electron chi connectivity index (χ2n) is 10.6. The summed E-state index contributed by atoms with van der Waals surface area (Å²) in [6.45, 7) is 7.79. The number of alkyl halides is 2. The minimum Gasteiger partial charge on any atom is -0.298 e. The van der Waals surface area contributed by atoms with Gasteiger partial charge in [0, 0.05) is 18.6 Å². The molecule has 0 heterocycles. The van der Waals surface area contributed by atoms with E-state index < -0.39 is 11.3 Å². The highest BCUT2D eigenvalue weighted by Gasteiger charge is 2.45. The van der Waals surface area contributed by atoms with Crippen LogP contribution >= 0.6 is 0 Å². The van der Waals surface area contributed by atoms with Crippen LogP contribution in [0, 0.1) is 0 Å². The van der Waals surface area contributed by atoms with Crippen molar-refractivity contribution in [3.05, 3.63) is 70.8 Å². The van der Waals surface area contributed by atoms with E-state index in [4.69, 9.17) is 0 Å². The lowest BCUT2D eigenvalue weighted by Gasteiger charge is -2.41. The lowest BCUT2D eigenvalue weighted by Crippen LogP contribution is -2.42. The van der Waals surface area contributed by atoms with Crippen LogP contribution in [0.4, 0.5) is 8.78 Å². The minimum absolute atomic E-state index is 0.406. The van der Waals surface area contributed by atoms with E-state index in [0.717, 1.165) is 61.8 Å². The molecule has 0 aromatic heterocycles. The van der Waals surface area contributed by atoms with Gasteiger partial charge in [0.05, 0.1) is 0 Å². The first-order chi connectivity index (χ1) is 15.9. The molecule has 3 heteroatoms. The second-order valence-corrected chi connectivity index (χ2v) is 10.6. The van der Waals surface area contributed by atoms with Crippen LogP contribution in [0.25, 0.3) is 0 Å². The van der Waals surface area contributed by atoms with Crippen LogP contribution in [0.3, 0.4) is 0 Å². The summed E-state index contributed by atoms with van der Waals surface area (Å²) in [5.74, 6) is 0. The van der Waals surface area contributed by atoms with Gasteiger partial charge in [-0.25, -0.2) is 8.78 Å². The van der Waals surface area contributed by atoms with Crippen LogP contribution in [-0.2, 0) is 24.2 Å². The lowest BCUT2D eigenvalue weighted by molar-refractivity contribution is 0.0510. The zero-order chi connectivity index (χ0) is 23.5. The van der Waals surface area contributed by atoms with E-state index in [1.54, 1.807) is 0 Å². The van der Waals surface area contributed by atoms with Crippen LogP contribution in [0.2, 0.25) is 0 Å². The van der Waals surface area contributed by atoms with Crippen LogP contribution in [-0.4, -0.2) is 23.5 Å². The fourth-order valence-electron chi connectivity index (χ4n) is 5.89. The predicted molar refractivity (Wildman–Crippen MR) is 134 cm³/mol. The highest BCUT2D eigenvalue weighted by molar-refractivity contribution is 5.44. The third-order valence-corrected chi connectivity index (χ3v) is 8.27. The normalized spacial score (nSPS) is 19.8. The Kier molecular flexibility index (Phi) is 7.58. The SMILES string of the molecule is CCC(CCc1c(C2(F)CCC2)cccc1C1(F)CCC1)N(CCc1ccccc1)C(C)C. The number of hydrogen-bond acceptors (Lipinski definition) is 1. The molecule has 0 N–H and O–H groups in total. The molecule has 2 aliphatic rings. The van der Waals surface area contributed by atoms with Gasteiger partial charge >= 0.3 is 0 Å². The summed E-state index contributed by atoms with van der Waals surface area (Å²) in [6.07, 6.45) is 7.95. The van der Waals surface area contributed by atoms with E-state index in [9.17, 15) is 0 Å². The van der Waals surface area contributed by atoms with Crippen LogP contribution in [0.15, 0.2) is 48.5 Å². The Morgan fingerprint density at radius 2 is 1.39 bits per heavy atom. The van der Waals surface area contributed by atoms with Crippen LogP contribution in [0.1, 0.15) is 94.4 Å². The summed E-state index contributed by atoms with van der Waals surface area (Å²) in [4.78, 5) is 2.60. The Morgan fingerprint density at radius 1 is 0.818 bits per heavy atom. The first kappa shape index (κ1) is 24.4. The summed E-state index contributed by atoms with van der Waals surface area (Å²) in [6, 6.07) is 17.3. The largest absolute Gasteiger partial charge is 0.298 e. The van der Waals surface area contributed by atoms with Crippen molar-refractivity contribution in [2.24, 2.45) is 0 Å². The summed E-state index contributed by atoms with van der Waals surface area (Å²) in [5, 5.41) is 0. The molecule has 4 rings (SSSR count). The first-order valence-corrected chi connectivity index (χ1v) is 13.2. The van der Waals surface area contributed by atoms with Gasteiger partial charge < -0.3 is 0 Å². The second kappa shape index (κ2) is 10.3. The molecular weight excluding hydrogens is 412 g/mol. The first-order valence-electron chi connectivity index (χ1n) is 13.2. The predicted octanol–water partition coefficient (Wildman–Crippen LogP) is 8.05. The zero-order valence-corrected chi connectivity index (χ0v) is 20.8. The van der Waals surface area contributed by atoms with Gasteiger partial charge in [-0.2, -0.15) is 0 Å². The van der Waals surface area contributed by atoms with Crippen molar-refractivity contribution in [3.63, 3.8) is 0 Å². The molecule has 33 heavy (non-hydrogen) atoms. The average molecular weight is 454 g/mol. The molecule has 0 amide bonds. The zero-order valence-electron chi connectivity index (χ0n) is 20.8. The number of benzene rings is 2. The van der Waals surface area contributed by atoms with Crippen LogP contribution in [0.5, 0.6) is 0 Å². The molecule has 0 radical (unpaired) electrons. The third kappa shape index (κ3) is 5.19. The minimum atomic E-state index is -1.25. The van der Waals surface area contributed by atoms with Gasteiger partial charge in [-0.1, -0.05) is 55.5 Å². The molecule has 180 valence electrons. The Bertz CT molecular complexity index is 861. The number of hydrogen-bond donors (Lipinski definition) is 0. The molecule has 2 aromatic rings. The number of halogens is 2. The van der Waals surface area contributed by atoms with Crippen molar-refractivity contribution in [1.29, 1.82) is 0 Å². The molecule has 0 bridgehead atoms. The molecule has 2 saturated carbocycles. The van der Waals surface area contributed by atoms with Crippen molar-refractivity contribution >= 4 is 0 Å². The molecule has 2 aliphatic carbocycles. The lowest BCUT2D eigenvalue weighted by atomic mass is 9.69. The van der Waals surface area contributed by atoms with E-state index in [0.29, 0.717) is 37.8 Å². The Balaban J connectivity index is 1.54. The summed E-state index contributed by atoms with van der Waals surface area (Å²) in [7, 11) is 0. The molecule has 0 saturated heterocycles. The Hall–Kier alpha value is -1.74. The Morgan fingerprint density at radius 3 is 1.85 bits per heavy atom. The van der Waals surface area contributed by atoms with E-state index in [1.807, 2.05) is 18.2 Å². The van der Waals surface area contributed by atoms with Gasteiger partial charge in [-0.3, -0.25) is 4.90 Å². The number of rotatable bonds is 11. The molecule has 2 aromatic carbocycles. The van der Waals surface area contributed by atoms with E-state index in [2.05, 4.69) is 56.0 Å². The molecule has 1 atom stereocenters. The van der Waals surface area contributed by atoms with Gasteiger partial charge in [0.15, 0.2) is 0 Å². The fraction of sp³-hybridized carbons (Fsp3) is 0.600. The van der Waals surface area contributed by atoms with E-state index >= 15 is 8.78 Å². The van der Waals surface area contributed by atoms with Crippen LogP contribution < -0.4 is 0 Å². The molecule has 1 nitrogen and oxygen atoms in total. The molecule has 2 fully saturated rings. The van der Waals surface area contributed by atoms with E-state index in [-0.39, 0.29) is 0 Å². The maximum Gasteiger partial charge on any atom is 0.136 e. The van der Waals surface area contributed by atoms with Gasteiger partial charge in [0.1, 0.15) is 11.3 Å². The van der Waals surface area contributed by atoms with Gasteiger partial charge in [0.25, 0.3) is 0 Å². The highest BCUT2D eigenvalue weighted by atomic mass is 19.1. The van der Waals surface area contributed by atoms with Gasteiger partial charge in [0.2, 0.25) is 0 Å². The van der Waals surface area contributed by atoms with Crippen molar-refractivity contribution in [3.8, 4) is 0 Å². The molecule has 0 spiro atoms. The highest BCUT2D eigenvalue weighted by Crippen LogP contribution is 2.51. The summed E-state index contributed by atoms with van der Waals surface area (Å²) in [5.41, 5.74) is 1.40. The standard InChI is InChI=1S/C30H41F2N/c1-4-25(33(23(2)3)22-17-24-11-6-5-7-12-24)15-16-26-27(29(31)18-9-19-29)13-8-14-28(26)30(32)20-10-21-30/h5-8,11-14,23,25H,4,9-10,15-22H2,1-3H3. The van der Waals surface area contributed by atoms with E-state index in [1.165, 1.54) is 5.56 Å². The van der Waals surface area contributed by atoms with Crippen molar-refractivity contribution in [2.45, 2.75) is 108 Å². The maximum absolute atomic E-state index is 15.7. The molecular formula is C30H41F2N. The fourth-order valence-corrected chi connectivity index (χ4v) is 5.89. The van der Waals surface area contributed by atoms with Crippen molar-refractivity contribution < 1.29 is 8.78 Å².